The highest BCUT2D eigenvalue weighted by Gasteiger charge is 2.36. The van der Waals surface area contributed by atoms with Gasteiger partial charge in [-0.2, -0.15) is 0 Å². The number of rotatable bonds is 6. The van der Waals surface area contributed by atoms with Crippen molar-refractivity contribution in [2.24, 2.45) is 0 Å². The molecule has 1 heterocycles. The third kappa shape index (κ3) is 5.47. The highest BCUT2D eigenvalue weighted by Crippen LogP contribution is 2.38. The average Bonchev–Trinajstić information content (AvgIpc) is 2.83. The van der Waals surface area contributed by atoms with Crippen molar-refractivity contribution >= 4 is 61.5 Å². The maximum Gasteiger partial charge on any atom is 0.335 e. The number of benzene rings is 3. The molecule has 35 heavy (non-hydrogen) atoms. The highest BCUT2D eigenvalue weighted by atomic mass is 79.9. The van der Waals surface area contributed by atoms with Crippen LogP contribution >= 0.6 is 31.9 Å². The second-order valence-electron chi connectivity index (χ2n) is 7.74. The fourth-order valence-corrected chi connectivity index (χ4v) is 4.29. The van der Waals surface area contributed by atoms with Crippen LogP contribution in [0.1, 0.15) is 16.7 Å². The molecule has 7 nitrogen and oxygen atoms in total. The number of carbonyl (C=O) groups is 3. The number of hydrogen-bond donors (Lipinski definition) is 1. The summed E-state index contributed by atoms with van der Waals surface area (Å²) in [6.45, 7) is 2.21. The molecule has 0 bridgehead atoms. The van der Waals surface area contributed by atoms with Crippen molar-refractivity contribution in [1.29, 1.82) is 0 Å². The number of urea groups is 1. The summed E-state index contributed by atoms with van der Waals surface area (Å²) >= 11 is 6.90. The number of methoxy groups -OCH3 is 1. The molecule has 1 aliphatic heterocycles. The number of halogens is 2. The van der Waals surface area contributed by atoms with E-state index in [0.717, 1.165) is 20.5 Å². The molecule has 3 aromatic rings. The molecule has 4 rings (SSSR count). The van der Waals surface area contributed by atoms with Crippen LogP contribution in [0.25, 0.3) is 6.08 Å². The third-order valence-corrected chi connectivity index (χ3v) is 6.37. The second kappa shape index (κ2) is 10.5. The van der Waals surface area contributed by atoms with Crippen molar-refractivity contribution in [3.63, 3.8) is 0 Å². The Bertz CT molecular complexity index is 1340. The van der Waals surface area contributed by atoms with Gasteiger partial charge in [-0.05, 0) is 76.5 Å². The van der Waals surface area contributed by atoms with Gasteiger partial charge >= 0.3 is 6.03 Å². The van der Waals surface area contributed by atoms with E-state index in [9.17, 15) is 14.4 Å². The van der Waals surface area contributed by atoms with Crippen LogP contribution in [-0.4, -0.2) is 25.0 Å². The zero-order chi connectivity index (χ0) is 25.1. The standard InChI is InChI=1S/C26H20Br2N2O5/c1-15-3-9-19(10-4-15)30-25(32)20(24(31)29-26(30)33)11-17-12-21(28)23(22(13-17)34-2)35-14-16-5-7-18(27)8-6-16/h3-13H,14H2,1-2H3,(H,29,31,33)/b20-11+. The molecular formula is C26H20Br2N2O5. The van der Waals surface area contributed by atoms with Crippen molar-refractivity contribution in [3.05, 3.63) is 91.9 Å². The number of nitrogens with zero attached hydrogens (tertiary/aromatic N) is 1. The predicted octanol–water partition coefficient (Wildman–Crippen LogP) is 5.77. The Balaban J connectivity index is 1.63. The molecule has 1 fully saturated rings. The molecule has 0 radical (unpaired) electrons. The van der Waals surface area contributed by atoms with Crippen LogP contribution in [0.2, 0.25) is 0 Å². The lowest BCUT2D eigenvalue weighted by Gasteiger charge is -2.26. The van der Waals surface area contributed by atoms with E-state index in [1.165, 1.54) is 13.2 Å². The smallest absolute Gasteiger partial charge is 0.335 e. The molecular weight excluding hydrogens is 580 g/mol. The summed E-state index contributed by atoms with van der Waals surface area (Å²) in [5.41, 5.74) is 2.65. The molecule has 0 saturated carbocycles. The lowest BCUT2D eigenvalue weighted by molar-refractivity contribution is -0.122. The molecule has 4 amide bonds. The first-order chi connectivity index (χ1) is 16.8. The zero-order valence-electron chi connectivity index (χ0n) is 18.8. The minimum atomic E-state index is -0.795. The Labute approximate surface area is 219 Å². The second-order valence-corrected chi connectivity index (χ2v) is 9.51. The van der Waals surface area contributed by atoms with Crippen LogP contribution in [0, 0.1) is 6.92 Å². The lowest BCUT2D eigenvalue weighted by Crippen LogP contribution is -2.54. The number of aryl methyl sites for hydroxylation is 1. The maximum atomic E-state index is 13.1. The number of anilines is 1. The van der Waals surface area contributed by atoms with Crippen LogP contribution in [0.3, 0.4) is 0 Å². The molecule has 9 heteroatoms. The predicted molar refractivity (Wildman–Crippen MR) is 139 cm³/mol. The Hall–Kier alpha value is -3.43. The van der Waals surface area contributed by atoms with E-state index in [4.69, 9.17) is 9.47 Å². The minimum Gasteiger partial charge on any atom is -0.493 e. The van der Waals surface area contributed by atoms with Gasteiger partial charge in [-0.25, -0.2) is 9.69 Å². The van der Waals surface area contributed by atoms with Gasteiger partial charge < -0.3 is 9.47 Å². The summed E-state index contributed by atoms with van der Waals surface area (Å²) in [5, 5.41) is 2.23. The van der Waals surface area contributed by atoms with Crippen LogP contribution in [0.5, 0.6) is 11.5 Å². The molecule has 0 aliphatic carbocycles. The van der Waals surface area contributed by atoms with Gasteiger partial charge in [0.2, 0.25) is 0 Å². The van der Waals surface area contributed by atoms with E-state index in [-0.39, 0.29) is 5.57 Å². The van der Waals surface area contributed by atoms with E-state index in [2.05, 4.69) is 37.2 Å². The molecule has 0 unspecified atom stereocenters. The molecule has 1 aliphatic rings. The van der Waals surface area contributed by atoms with Crippen molar-refractivity contribution in [2.75, 3.05) is 12.0 Å². The van der Waals surface area contributed by atoms with Crippen LogP contribution in [-0.2, 0) is 16.2 Å². The maximum absolute atomic E-state index is 13.1. The molecule has 1 saturated heterocycles. The van der Waals surface area contributed by atoms with Crippen LogP contribution in [0.4, 0.5) is 10.5 Å². The first kappa shape index (κ1) is 24.7. The van der Waals surface area contributed by atoms with Gasteiger partial charge in [0.1, 0.15) is 12.2 Å². The van der Waals surface area contributed by atoms with Crippen LogP contribution in [0.15, 0.2) is 75.2 Å². The molecule has 3 aromatic carbocycles. The SMILES string of the molecule is COc1cc(/C=C2\C(=O)NC(=O)N(c3ccc(C)cc3)C2=O)cc(Br)c1OCc1ccc(Br)cc1. The Morgan fingerprint density at radius 3 is 2.31 bits per heavy atom. The normalized spacial score (nSPS) is 14.8. The lowest BCUT2D eigenvalue weighted by atomic mass is 10.1. The number of barbiturate groups is 1. The summed E-state index contributed by atoms with van der Waals surface area (Å²) < 4.78 is 13.0. The van der Waals surface area contributed by atoms with Gasteiger partial charge in [-0.3, -0.25) is 14.9 Å². The molecule has 0 aromatic heterocycles. The van der Waals surface area contributed by atoms with Crippen molar-refractivity contribution in [2.45, 2.75) is 13.5 Å². The molecule has 0 spiro atoms. The summed E-state index contributed by atoms with van der Waals surface area (Å²) in [5.74, 6) is -0.589. The Morgan fingerprint density at radius 2 is 1.66 bits per heavy atom. The molecule has 1 N–H and O–H groups in total. The fourth-order valence-electron chi connectivity index (χ4n) is 3.45. The number of ether oxygens (including phenoxy) is 2. The largest absolute Gasteiger partial charge is 0.493 e. The van der Waals surface area contributed by atoms with Crippen molar-refractivity contribution < 1.29 is 23.9 Å². The first-order valence-electron chi connectivity index (χ1n) is 10.5. The number of amides is 4. The average molecular weight is 600 g/mol. The van der Waals surface area contributed by atoms with Gasteiger partial charge in [-0.15, -0.1) is 0 Å². The summed E-state index contributed by atoms with van der Waals surface area (Å²) in [6, 6.07) is 17.2. The quantitative estimate of drug-likeness (QED) is 0.287. The van der Waals surface area contributed by atoms with Gasteiger partial charge in [0.05, 0.1) is 17.3 Å². The van der Waals surface area contributed by atoms with E-state index >= 15 is 0 Å². The first-order valence-corrected chi connectivity index (χ1v) is 12.1. The van der Waals surface area contributed by atoms with E-state index in [0.29, 0.717) is 33.8 Å². The van der Waals surface area contributed by atoms with E-state index in [1.807, 2.05) is 31.2 Å². The number of imide groups is 2. The van der Waals surface area contributed by atoms with Crippen LogP contribution < -0.4 is 19.7 Å². The highest BCUT2D eigenvalue weighted by molar-refractivity contribution is 9.10. The van der Waals surface area contributed by atoms with Gasteiger partial charge in [-0.1, -0.05) is 45.8 Å². The number of nitrogens with one attached hydrogen (secondary N) is 1. The minimum absolute atomic E-state index is 0.178. The van der Waals surface area contributed by atoms with Gasteiger partial charge in [0.25, 0.3) is 11.8 Å². The van der Waals surface area contributed by atoms with Gasteiger partial charge in [0.15, 0.2) is 11.5 Å². The Morgan fingerprint density at radius 1 is 0.971 bits per heavy atom. The van der Waals surface area contributed by atoms with E-state index in [1.54, 1.807) is 36.4 Å². The van der Waals surface area contributed by atoms with E-state index < -0.39 is 17.8 Å². The van der Waals surface area contributed by atoms with Crippen molar-refractivity contribution in [3.8, 4) is 11.5 Å². The molecule has 178 valence electrons. The number of hydrogen-bond acceptors (Lipinski definition) is 5. The van der Waals surface area contributed by atoms with Crippen molar-refractivity contribution in [1.82, 2.24) is 5.32 Å². The summed E-state index contributed by atoms with van der Waals surface area (Å²) in [7, 11) is 1.50. The topological polar surface area (TPSA) is 84.9 Å². The molecule has 0 atom stereocenters. The fraction of sp³-hybridized carbons (Fsp3) is 0.115. The third-order valence-electron chi connectivity index (χ3n) is 5.25. The monoisotopic (exact) mass is 598 g/mol. The summed E-state index contributed by atoms with van der Waals surface area (Å²) in [4.78, 5) is 39.0. The number of carbonyl (C=O) groups excluding carboxylic acids is 3. The zero-order valence-corrected chi connectivity index (χ0v) is 22.0. The summed E-state index contributed by atoms with van der Waals surface area (Å²) in [6.07, 6.45) is 1.41. The Kier molecular flexibility index (Phi) is 7.37. The van der Waals surface area contributed by atoms with Gasteiger partial charge in [0, 0.05) is 4.47 Å².